The Morgan fingerprint density at radius 2 is 2.39 bits per heavy atom. The molecule has 0 saturated heterocycles. The molecule has 0 fully saturated rings. The maximum atomic E-state index is 13.1. The second-order valence-corrected chi connectivity index (χ2v) is 3.74. The molecule has 0 aliphatic rings. The molecule has 2 N–H and O–H groups in total. The minimum Gasteiger partial charge on any atom is -0.483 e. The second kappa shape index (κ2) is 6.76. The molecule has 0 aromatic heterocycles. The zero-order chi connectivity index (χ0) is 13.5. The minimum absolute atomic E-state index is 0.166. The van der Waals surface area contributed by atoms with Crippen molar-refractivity contribution >= 4 is 5.91 Å². The number of nitrogens with one attached hydrogen (secondary N) is 1. The third kappa shape index (κ3) is 4.18. The molecule has 4 nitrogen and oxygen atoms in total. The van der Waals surface area contributed by atoms with Gasteiger partial charge in [-0.3, -0.25) is 4.79 Å². The van der Waals surface area contributed by atoms with Gasteiger partial charge in [-0.1, -0.05) is 6.08 Å². The van der Waals surface area contributed by atoms with Crippen molar-refractivity contribution in [1.29, 1.82) is 0 Å². The molecule has 0 aliphatic carbocycles. The van der Waals surface area contributed by atoms with E-state index >= 15 is 0 Å². The number of ether oxygens (including phenoxy) is 1. The molecular weight excluding hydrogens is 237 g/mol. The van der Waals surface area contributed by atoms with Gasteiger partial charge in [0.15, 0.2) is 6.61 Å². The van der Waals surface area contributed by atoms with Crippen molar-refractivity contribution in [1.82, 2.24) is 5.32 Å². The molecule has 1 amide bonds. The number of rotatable bonds is 6. The van der Waals surface area contributed by atoms with E-state index in [1.54, 1.807) is 6.08 Å². The first-order valence-corrected chi connectivity index (χ1v) is 5.52. The monoisotopic (exact) mass is 253 g/mol. The van der Waals surface area contributed by atoms with Crippen LogP contribution in [-0.4, -0.2) is 24.2 Å². The van der Waals surface area contributed by atoms with E-state index in [-0.39, 0.29) is 18.3 Å². The first-order valence-electron chi connectivity index (χ1n) is 5.52. The van der Waals surface area contributed by atoms with Crippen LogP contribution >= 0.6 is 0 Å². The van der Waals surface area contributed by atoms with Crippen LogP contribution in [0.5, 0.6) is 5.75 Å². The second-order valence-electron chi connectivity index (χ2n) is 3.74. The Bertz CT molecular complexity index is 432. The molecule has 0 heterocycles. The number of aliphatic hydroxyl groups excluding tert-OH is 1. The van der Waals surface area contributed by atoms with Gasteiger partial charge in [0.2, 0.25) is 0 Å². The summed E-state index contributed by atoms with van der Waals surface area (Å²) in [7, 11) is 0. The lowest BCUT2D eigenvalue weighted by Crippen LogP contribution is -2.29. The van der Waals surface area contributed by atoms with Crippen LogP contribution in [-0.2, 0) is 4.79 Å². The molecule has 98 valence electrons. The van der Waals surface area contributed by atoms with Gasteiger partial charge < -0.3 is 15.2 Å². The van der Waals surface area contributed by atoms with Crippen LogP contribution < -0.4 is 10.1 Å². The summed E-state index contributed by atoms with van der Waals surface area (Å²) in [6.45, 7) is 5.10. The summed E-state index contributed by atoms with van der Waals surface area (Å²) < 4.78 is 18.3. The zero-order valence-corrected chi connectivity index (χ0v) is 10.1. The third-order valence-electron chi connectivity index (χ3n) is 2.23. The number of aliphatic hydroxyl groups is 1. The maximum absolute atomic E-state index is 13.1. The summed E-state index contributed by atoms with van der Waals surface area (Å²) in [5, 5.41) is 12.0. The van der Waals surface area contributed by atoms with Gasteiger partial charge in [-0.15, -0.1) is 6.58 Å². The van der Waals surface area contributed by atoms with Crippen molar-refractivity contribution in [2.75, 3.05) is 13.2 Å². The van der Waals surface area contributed by atoms with Crippen molar-refractivity contribution in [3.05, 3.63) is 42.2 Å². The molecule has 0 unspecified atom stereocenters. The van der Waals surface area contributed by atoms with Gasteiger partial charge in [0.25, 0.3) is 5.91 Å². The first-order chi connectivity index (χ1) is 8.54. The van der Waals surface area contributed by atoms with Crippen molar-refractivity contribution in [2.45, 2.75) is 13.0 Å². The molecule has 1 aromatic carbocycles. The van der Waals surface area contributed by atoms with Gasteiger partial charge >= 0.3 is 0 Å². The quantitative estimate of drug-likeness (QED) is 0.756. The van der Waals surface area contributed by atoms with Crippen LogP contribution in [0.3, 0.4) is 0 Å². The molecule has 0 aliphatic heterocycles. The van der Waals surface area contributed by atoms with E-state index in [0.29, 0.717) is 12.1 Å². The summed E-state index contributed by atoms with van der Waals surface area (Å²) in [5.74, 6) is -0.657. The standard InChI is InChI=1S/C13H16FNO3/c1-3-6-15-13(17)8-18-12-7-10(14)4-5-11(12)9(2)16/h3-5,7,9,16H,1,6,8H2,2H3,(H,15,17)/t9-/m1/s1. The Hall–Kier alpha value is -1.88. The van der Waals surface area contributed by atoms with Gasteiger partial charge in [-0.25, -0.2) is 4.39 Å². The highest BCUT2D eigenvalue weighted by molar-refractivity contribution is 5.77. The lowest BCUT2D eigenvalue weighted by atomic mass is 10.1. The molecule has 0 radical (unpaired) electrons. The summed E-state index contributed by atoms with van der Waals surface area (Å²) in [6, 6.07) is 3.80. The fraction of sp³-hybridized carbons (Fsp3) is 0.308. The number of amides is 1. The molecule has 5 heteroatoms. The number of hydrogen-bond donors (Lipinski definition) is 2. The van der Waals surface area contributed by atoms with Crippen LogP contribution in [0.4, 0.5) is 4.39 Å². The van der Waals surface area contributed by atoms with Crippen LogP contribution in [0.15, 0.2) is 30.9 Å². The van der Waals surface area contributed by atoms with E-state index < -0.39 is 11.9 Å². The van der Waals surface area contributed by atoms with E-state index in [0.717, 1.165) is 6.07 Å². The summed E-state index contributed by atoms with van der Waals surface area (Å²) in [5.41, 5.74) is 0.438. The largest absolute Gasteiger partial charge is 0.483 e. The van der Waals surface area contributed by atoms with E-state index in [4.69, 9.17) is 4.74 Å². The van der Waals surface area contributed by atoms with Gasteiger partial charge in [0.1, 0.15) is 11.6 Å². The van der Waals surface area contributed by atoms with Crippen molar-refractivity contribution in [3.8, 4) is 5.75 Å². The van der Waals surface area contributed by atoms with E-state index in [2.05, 4.69) is 11.9 Å². The van der Waals surface area contributed by atoms with Crippen molar-refractivity contribution < 1.29 is 19.0 Å². The van der Waals surface area contributed by atoms with Gasteiger partial charge in [-0.2, -0.15) is 0 Å². The molecular formula is C13H16FNO3. The van der Waals surface area contributed by atoms with Gasteiger partial charge in [-0.05, 0) is 19.1 Å². The normalized spacial score (nSPS) is 11.7. The number of carbonyl (C=O) groups is 1. The summed E-state index contributed by atoms with van der Waals surface area (Å²) >= 11 is 0. The number of halogens is 1. The Labute approximate surface area is 105 Å². The third-order valence-corrected chi connectivity index (χ3v) is 2.23. The van der Waals surface area contributed by atoms with Crippen LogP contribution in [0, 0.1) is 5.82 Å². The Morgan fingerprint density at radius 1 is 1.67 bits per heavy atom. The van der Waals surface area contributed by atoms with Crippen molar-refractivity contribution in [2.24, 2.45) is 0 Å². The maximum Gasteiger partial charge on any atom is 0.258 e. The molecule has 1 aromatic rings. The Kier molecular flexibility index (Phi) is 5.32. The topological polar surface area (TPSA) is 58.6 Å². The lowest BCUT2D eigenvalue weighted by molar-refractivity contribution is -0.122. The summed E-state index contributed by atoms with van der Waals surface area (Å²) in [4.78, 5) is 11.3. The Balaban J connectivity index is 2.68. The predicted octanol–water partition coefficient (Wildman–Crippen LogP) is 1.56. The molecule has 0 spiro atoms. The average molecular weight is 253 g/mol. The SMILES string of the molecule is C=CCNC(=O)COc1cc(F)ccc1[C@@H](C)O. The number of benzene rings is 1. The van der Waals surface area contributed by atoms with E-state index in [9.17, 15) is 14.3 Å². The molecule has 1 rings (SSSR count). The highest BCUT2D eigenvalue weighted by Crippen LogP contribution is 2.25. The zero-order valence-electron chi connectivity index (χ0n) is 10.1. The highest BCUT2D eigenvalue weighted by atomic mass is 19.1. The molecule has 0 bridgehead atoms. The predicted molar refractivity (Wildman–Crippen MR) is 65.7 cm³/mol. The van der Waals surface area contributed by atoms with Crippen LogP contribution in [0.25, 0.3) is 0 Å². The highest BCUT2D eigenvalue weighted by Gasteiger charge is 2.11. The van der Waals surface area contributed by atoms with Gasteiger partial charge in [0.05, 0.1) is 6.10 Å². The van der Waals surface area contributed by atoms with E-state index in [1.807, 2.05) is 0 Å². The first kappa shape index (κ1) is 14.2. The number of hydrogen-bond acceptors (Lipinski definition) is 3. The fourth-order valence-electron chi connectivity index (χ4n) is 1.36. The molecule has 0 saturated carbocycles. The molecule has 1 atom stereocenters. The number of carbonyl (C=O) groups excluding carboxylic acids is 1. The average Bonchev–Trinajstić information content (AvgIpc) is 2.33. The smallest absolute Gasteiger partial charge is 0.258 e. The fourth-order valence-corrected chi connectivity index (χ4v) is 1.36. The molecule has 18 heavy (non-hydrogen) atoms. The Morgan fingerprint density at radius 3 is 3.00 bits per heavy atom. The van der Waals surface area contributed by atoms with E-state index in [1.165, 1.54) is 19.1 Å². The lowest BCUT2D eigenvalue weighted by Gasteiger charge is -2.13. The van der Waals surface area contributed by atoms with Crippen LogP contribution in [0.2, 0.25) is 0 Å². The van der Waals surface area contributed by atoms with Gasteiger partial charge in [0, 0.05) is 18.2 Å². The summed E-state index contributed by atoms with van der Waals surface area (Å²) in [6.07, 6.45) is 0.748. The van der Waals surface area contributed by atoms with Crippen molar-refractivity contribution in [3.63, 3.8) is 0 Å². The van der Waals surface area contributed by atoms with Crippen LogP contribution in [0.1, 0.15) is 18.6 Å². The minimum atomic E-state index is -0.795.